The average Bonchev–Trinajstić information content (AvgIpc) is 3.38. The van der Waals surface area contributed by atoms with E-state index in [0.29, 0.717) is 12.0 Å². The third-order valence-corrected chi connectivity index (χ3v) is 5.40. The van der Waals surface area contributed by atoms with Gasteiger partial charge in [0.2, 0.25) is 0 Å². The summed E-state index contributed by atoms with van der Waals surface area (Å²) in [5, 5.41) is 4.42. The summed E-state index contributed by atoms with van der Waals surface area (Å²) in [5.74, 6) is 2.33. The van der Waals surface area contributed by atoms with Crippen LogP contribution in [0.4, 0.5) is 0 Å². The summed E-state index contributed by atoms with van der Waals surface area (Å²) in [7, 11) is 4.00. The maximum Gasteiger partial charge on any atom is 0.193 e. The van der Waals surface area contributed by atoms with Crippen LogP contribution < -0.4 is 5.32 Å². The van der Waals surface area contributed by atoms with Crippen LogP contribution >= 0.6 is 11.6 Å². The molecule has 2 aliphatic rings. The lowest BCUT2D eigenvalue weighted by Crippen LogP contribution is -2.41. The Hall–Kier alpha value is -1.26. The quantitative estimate of drug-likeness (QED) is 0.652. The van der Waals surface area contributed by atoms with Crippen LogP contribution in [0.2, 0.25) is 5.02 Å². The maximum absolute atomic E-state index is 6.10. The molecular formula is C19H28ClN3O. The van der Waals surface area contributed by atoms with Crippen molar-refractivity contribution in [3.8, 4) is 0 Å². The fourth-order valence-electron chi connectivity index (χ4n) is 3.49. The first kappa shape index (κ1) is 17.6. The Bertz CT molecular complexity index is 571. The van der Waals surface area contributed by atoms with Gasteiger partial charge in [-0.05, 0) is 49.3 Å². The van der Waals surface area contributed by atoms with Gasteiger partial charge in [-0.15, -0.1) is 0 Å². The van der Waals surface area contributed by atoms with Crippen LogP contribution in [0.25, 0.3) is 0 Å². The zero-order valence-corrected chi connectivity index (χ0v) is 15.4. The summed E-state index contributed by atoms with van der Waals surface area (Å²) in [5.41, 5.74) is 1.32. The van der Waals surface area contributed by atoms with Crippen molar-refractivity contribution in [3.63, 3.8) is 0 Å². The van der Waals surface area contributed by atoms with Gasteiger partial charge in [0.1, 0.15) is 0 Å². The number of hydrogen-bond acceptors (Lipinski definition) is 2. The Balaban J connectivity index is 1.46. The largest absolute Gasteiger partial charge is 0.381 e. The molecule has 1 aliphatic heterocycles. The Morgan fingerprint density at radius 1 is 1.38 bits per heavy atom. The highest BCUT2D eigenvalue weighted by Gasteiger charge is 2.39. The van der Waals surface area contributed by atoms with E-state index in [1.54, 1.807) is 0 Å². The SMILES string of the molecule is CN=C(NC1CC1c1cccc(Cl)c1)N(C)CCC1CCOCC1. The number of hydrogen-bond donors (Lipinski definition) is 1. The zero-order valence-electron chi connectivity index (χ0n) is 14.7. The van der Waals surface area contributed by atoms with Crippen molar-refractivity contribution in [2.24, 2.45) is 10.9 Å². The van der Waals surface area contributed by atoms with Crippen LogP contribution in [0.3, 0.4) is 0 Å². The van der Waals surface area contributed by atoms with Crippen molar-refractivity contribution < 1.29 is 4.74 Å². The molecule has 1 saturated carbocycles. The number of aliphatic imine (C=N–C) groups is 1. The minimum Gasteiger partial charge on any atom is -0.381 e. The number of ether oxygens (including phenoxy) is 1. The Morgan fingerprint density at radius 3 is 2.88 bits per heavy atom. The van der Waals surface area contributed by atoms with E-state index in [1.807, 2.05) is 19.2 Å². The number of nitrogens with zero attached hydrogens (tertiary/aromatic N) is 2. The van der Waals surface area contributed by atoms with E-state index in [4.69, 9.17) is 16.3 Å². The molecule has 1 saturated heterocycles. The van der Waals surface area contributed by atoms with Crippen LogP contribution in [0.1, 0.15) is 37.2 Å². The van der Waals surface area contributed by atoms with E-state index in [1.165, 1.54) is 24.8 Å². The number of benzene rings is 1. The van der Waals surface area contributed by atoms with E-state index in [2.05, 4.69) is 34.4 Å². The number of nitrogens with one attached hydrogen (secondary N) is 1. The minimum atomic E-state index is 0.465. The van der Waals surface area contributed by atoms with Crippen molar-refractivity contribution in [3.05, 3.63) is 34.9 Å². The summed E-state index contributed by atoms with van der Waals surface area (Å²) < 4.78 is 5.44. The van der Waals surface area contributed by atoms with Gasteiger partial charge in [-0.3, -0.25) is 4.99 Å². The average molecular weight is 350 g/mol. The van der Waals surface area contributed by atoms with Crippen molar-refractivity contribution in [2.45, 2.75) is 37.6 Å². The summed E-state index contributed by atoms with van der Waals surface area (Å²) >= 11 is 6.10. The molecule has 2 atom stereocenters. The molecule has 0 radical (unpaired) electrons. The lowest BCUT2D eigenvalue weighted by molar-refractivity contribution is 0.0625. The molecule has 2 unspecified atom stereocenters. The molecule has 0 spiro atoms. The smallest absolute Gasteiger partial charge is 0.193 e. The lowest BCUT2D eigenvalue weighted by Gasteiger charge is -2.27. The third kappa shape index (κ3) is 4.64. The van der Waals surface area contributed by atoms with Gasteiger partial charge in [-0.1, -0.05) is 23.7 Å². The topological polar surface area (TPSA) is 36.9 Å². The van der Waals surface area contributed by atoms with Crippen LogP contribution in [-0.4, -0.2) is 50.8 Å². The predicted octanol–water partition coefficient (Wildman–Crippen LogP) is 3.52. The van der Waals surface area contributed by atoms with E-state index in [-0.39, 0.29) is 0 Å². The number of rotatable bonds is 5. The molecule has 3 rings (SSSR count). The zero-order chi connectivity index (χ0) is 16.9. The molecule has 24 heavy (non-hydrogen) atoms. The monoisotopic (exact) mass is 349 g/mol. The highest BCUT2D eigenvalue weighted by molar-refractivity contribution is 6.30. The van der Waals surface area contributed by atoms with Crippen LogP contribution in [0, 0.1) is 5.92 Å². The van der Waals surface area contributed by atoms with E-state index >= 15 is 0 Å². The standard InChI is InChI=1S/C19H28ClN3O/c1-21-19(23(2)9-6-14-7-10-24-11-8-14)22-18-13-17(18)15-4-3-5-16(20)12-15/h3-5,12,14,17-18H,6-11,13H2,1-2H3,(H,21,22). The van der Waals surface area contributed by atoms with Gasteiger partial charge in [0.15, 0.2) is 5.96 Å². The molecule has 5 heteroatoms. The van der Waals surface area contributed by atoms with Crippen molar-refractivity contribution in [1.29, 1.82) is 0 Å². The van der Waals surface area contributed by atoms with Crippen LogP contribution in [-0.2, 0) is 4.74 Å². The molecule has 1 heterocycles. The molecule has 0 bridgehead atoms. The second kappa shape index (κ2) is 8.21. The molecule has 4 nitrogen and oxygen atoms in total. The molecule has 0 amide bonds. The first-order valence-electron chi connectivity index (χ1n) is 8.95. The fourth-order valence-corrected chi connectivity index (χ4v) is 3.69. The summed E-state index contributed by atoms with van der Waals surface area (Å²) in [4.78, 5) is 6.71. The molecule has 1 aromatic rings. The van der Waals surface area contributed by atoms with Gasteiger partial charge in [0.25, 0.3) is 0 Å². The molecule has 132 valence electrons. The van der Waals surface area contributed by atoms with Gasteiger partial charge in [-0.25, -0.2) is 0 Å². The highest BCUT2D eigenvalue weighted by Crippen LogP contribution is 2.41. The molecular weight excluding hydrogens is 322 g/mol. The van der Waals surface area contributed by atoms with Crippen molar-refractivity contribution in [1.82, 2.24) is 10.2 Å². The minimum absolute atomic E-state index is 0.465. The molecule has 1 aromatic carbocycles. The Labute approximate surface area is 150 Å². The van der Waals surface area contributed by atoms with Gasteiger partial charge >= 0.3 is 0 Å². The van der Waals surface area contributed by atoms with Gasteiger partial charge in [0.05, 0.1) is 0 Å². The third-order valence-electron chi connectivity index (χ3n) is 5.17. The van der Waals surface area contributed by atoms with Gasteiger partial charge < -0.3 is 15.0 Å². The van der Waals surface area contributed by atoms with Gasteiger partial charge in [0, 0.05) is 50.8 Å². The second-order valence-corrected chi connectivity index (χ2v) is 7.40. The lowest BCUT2D eigenvalue weighted by atomic mass is 9.96. The maximum atomic E-state index is 6.10. The number of halogens is 1. The number of guanidine groups is 1. The van der Waals surface area contributed by atoms with Crippen LogP contribution in [0.5, 0.6) is 0 Å². The Morgan fingerprint density at radius 2 is 2.17 bits per heavy atom. The second-order valence-electron chi connectivity index (χ2n) is 6.96. The molecule has 1 N–H and O–H groups in total. The summed E-state index contributed by atoms with van der Waals surface area (Å²) in [6, 6.07) is 8.66. The van der Waals surface area contributed by atoms with E-state index in [9.17, 15) is 0 Å². The first-order chi connectivity index (χ1) is 11.7. The summed E-state index contributed by atoms with van der Waals surface area (Å²) in [6.07, 6.45) is 4.74. The Kier molecular flexibility index (Phi) is 6.01. The molecule has 2 fully saturated rings. The van der Waals surface area contributed by atoms with Crippen molar-refractivity contribution in [2.75, 3.05) is 33.9 Å². The first-order valence-corrected chi connectivity index (χ1v) is 9.33. The summed E-state index contributed by atoms with van der Waals surface area (Å²) in [6.45, 7) is 2.88. The normalized spacial score (nSPS) is 24.7. The molecule has 0 aromatic heterocycles. The predicted molar refractivity (Wildman–Crippen MR) is 99.9 cm³/mol. The van der Waals surface area contributed by atoms with E-state index < -0.39 is 0 Å². The van der Waals surface area contributed by atoms with Crippen LogP contribution in [0.15, 0.2) is 29.3 Å². The highest BCUT2D eigenvalue weighted by atomic mass is 35.5. The fraction of sp³-hybridized carbons (Fsp3) is 0.632. The van der Waals surface area contributed by atoms with Crippen molar-refractivity contribution >= 4 is 17.6 Å². The van der Waals surface area contributed by atoms with E-state index in [0.717, 1.165) is 43.1 Å². The van der Waals surface area contributed by atoms with Gasteiger partial charge in [-0.2, -0.15) is 0 Å². The molecule has 1 aliphatic carbocycles.